The minimum atomic E-state index is -3.51. The fourth-order valence-electron chi connectivity index (χ4n) is 4.50. The van der Waals surface area contributed by atoms with Crippen molar-refractivity contribution in [1.29, 1.82) is 0 Å². The van der Waals surface area contributed by atoms with Crippen LogP contribution in [0.15, 0.2) is 115 Å². The summed E-state index contributed by atoms with van der Waals surface area (Å²) in [7, 11) is 1.38. The van der Waals surface area contributed by atoms with Crippen LogP contribution in [0, 0.1) is 0 Å². The number of hydrogen-bond acceptors (Lipinski definition) is 4. The van der Waals surface area contributed by atoms with E-state index >= 15 is 4.57 Å². The molecule has 0 aliphatic carbocycles. The fraction of sp³-hybridized carbons (Fsp3) is 0.194. The number of hydrogen-bond donors (Lipinski definition) is 2. The van der Waals surface area contributed by atoms with Gasteiger partial charge in [-0.25, -0.2) is 5.09 Å². The van der Waals surface area contributed by atoms with Crippen LogP contribution in [0.2, 0.25) is 0 Å². The summed E-state index contributed by atoms with van der Waals surface area (Å²) < 4.78 is 20.4. The maximum Gasteiger partial charge on any atom is 0.225 e. The Morgan fingerprint density at radius 3 is 1.76 bits per heavy atom. The summed E-state index contributed by atoms with van der Waals surface area (Å²) in [5, 5.41) is 17.1. The van der Waals surface area contributed by atoms with Gasteiger partial charge in [-0.05, 0) is 47.5 Å². The van der Waals surface area contributed by atoms with E-state index in [1.807, 2.05) is 91.0 Å². The van der Waals surface area contributed by atoms with Gasteiger partial charge in [0.1, 0.15) is 11.4 Å². The molecule has 0 radical (unpaired) electrons. The highest BCUT2D eigenvalue weighted by Crippen LogP contribution is 2.48. The quantitative estimate of drug-likeness (QED) is 0.294. The minimum Gasteiger partial charge on any atom is -0.497 e. The van der Waals surface area contributed by atoms with Crippen molar-refractivity contribution in [2.45, 2.75) is 18.1 Å². The normalized spacial score (nSPS) is 13.8. The number of methoxy groups -OCH3 is 1. The highest BCUT2D eigenvalue weighted by atomic mass is 31.2. The van der Waals surface area contributed by atoms with Gasteiger partial charge < -0.3 is 14.7 Å². The van der Waals surface area contributed by atoms with Gasteiger partial charge in [-0.3, -0.25) is 9.36 Å². The van der Waals surface area contributed by atoms with Crippen LogP contribution < -0.4 is 20.4 Å². The van der Waals surface area contributed by atoms with Crippen LogP contribution >= 0.6 is 7.29 Å². The third-order valence-electron chi connectivity index (χ3n) is 6.67. The molecule has 6 nitrogen and oxygen atoms in total. The van der Waals surface area contributed by atoms with Crippen LogP contribution in [0.1, 0.15) is 23.6 Å². The summed E-state index contributed by atoms with van der Waals surface area (Å²) in [5.74, 6) is 0.389. The molecule has 0 unspecified atom stereocenters. The molecule has 4 aromatic carbocycles. The molecule has 2 N–H and O–H groups in total. The van der Waals surface area contributed by atoms with Crippen LogP contribution in [0.25, 0.3) is 0 Å². The van der Waals surface area contributed by atoms with Gasteiger partial charge in [-0.2, -0.15) is 0 Å². The molecule has 0 aliphatic heterocycles. The number of benzene rings is 4. The molecule has 2 atom stereocenters. The van der Waals surface area contributed by atoms with Gasteiger partial charge in [0.05, 0.1) is 19.6 Å². The molecule has 4 rings (SSSR count). The lowest BCUT2D eigenvalue weighted by atomic mass is 9.80. The Kier molecular flexibility index (Phi) is 8.48. The van der Waals surface area contributed by atoms with E-state index in [0.29, 0.717) is 27.5 Å². The molecule has 0 saturated carbocycles. The predicted molar refractivity (Wildman–Crippen MR) is 152 cm³/mol. The molecule has 0 fully saturated rings. The van der Waals surface area contributed by atoms with Crippen LogP contribution in [-0.4, -0.2) is 37.1 Å². The van der Waals surface area contributed by atoms with Gasteiger partial charge in [0.25, 0.3) is 0 Å². The van der Waals surface area contributed by atoms with Crippen LogP contribution in [0.3, 0.4) is 0 Å². The molecule has 7 heteroatoms. The van der Waals surface area contributed by atoms with E-state index in [0.717, 1.165) is 0 Å². The molecular weight excluding hydrogens is 495 g/mol. The Hall–Kier alpha value is -3.70. The third-order valence-corrected chi connectivity index (χ3v) is 9.34. The van der Waals surface area contributed by atoms with Gasteiger partial charge in [0.2, 0.25) is 13.2 Å². The number of amides is 1. The largest absolute Gasteiger partial charge is 0.497 e. The molecule has 0 heterocycles. The maximum atomic E-state index is 15.1. The average molecular weight is 529 g/mol. The molecule has 0 bridgehead atoms. The van der Waals surface area contributed by atoms with Crippen molar-refractivity contribution in [3.63, 3.8) is 0 Å². The zero-order valence-electron chi connectivity index (χ0n) is 21.8. The van der Waals surface area contributed by atoms with Crippen LogP contribution in [-0.2, 0) is 15.0 Å². The monoisotopic (exact) mass is 528 g/mol. The predicted octanol–water partition coefficient (Wildman–Crippen LogP) is 4.62. The van der Waals surface area contributed by atoms with E-state index in [4.69, 9.17) is 4.74 Å². The highest BCUT2D eigenvalue weighted by molar-refractivity contribution is 7.76. The molecule has 0 spiro atoms. The second-order valence-corrected chi connectivity index (χ2v) is 11.9. The first kappa shape index (κ1) is 27.3. The van der Waals surface area contributed by atoms with Gasteiger partial charge in [0.15, 0.2) is 0 Å². The molecule has 0 aliphatic rings. The van der Waals surface area contributed by atoms with Crippen molar-refractivity contribution in [2.75, 3.05) is 21.2 Å². The molecule has 0 aromatic heterocycles. The zero-order valence-corrected chi connectivity index (χ0v) is 22.7. The molecule has 0 saturated heterocycles. The van der Waals surface area contributed by atoms with E-state index in [1.165, 1.54) is 4.90 Å². The van der Waals surface area contributed by atoms with Crippen molar-refractivity contribution >= 4 is 23.8 Å². The van der Waals surface area contributed by atoms with E-state index in [9.17, 15) is 9.90 Å². The SMILES string of the molecule is COc1ccc([C@H](NP(=O)(c2ccccc2)c2ccccc2)[C@@](O)(CC(=O)N(C)C)c2ccccc2)cc1. The van der Waals surface area contributed by atoms with Gasteiger partial charge in [-0.15, -0.1) is 0 Å². The van der Waals surface area contributed by atoms with Crippen molar-refractivity contribution < 1.29 is 19.2 Å². The highest BCUT2D eigenvalue weighted by Gasteiger charge is 2.45. The summed E-state index contributed by atoms with van der Waals surface area (Å²) in [6.07, 6.45) is -0.225. The van der Waals surface area contributed by atoms with E-state index in [2.05, 4.69) is 5.09 Å². The molecule has 1 amide bonds. The lowest BCUT2D eigenvalue weighted by molar-refractivity contribution is -0.135. The standard InChI is InChI=1S/C31H33N2O4P/c1-33(2)29(34)23-31(35,25-13-7-4-8-14-25)30(24-19-21-26(37-3)22-20-24)32-38(36,27-15-9-5-10-16-27)28-17-11-6-12-18-28/h4-22,30,35H,23H2,1-3H3,(H,32,36)/t30-,31+/m0/s1. The second-order valence-electron chi connectivity index (χ2n) is 9.37. The van der Waals surface area contributed by atoms with Gasteiger partial charge in [-0.1, -0.05) is 78.9 Å². The summed E-state index contributed by atoms with van der Waals surface area (Å²) in [4.78, 5) is 14.6. The lowest BCUT2D eigenvalue weighted by Crippen LogP contribution is -2.46. The summed E-state index contributed by atoms with van der Waals surface area (Å²) in [6.45, 7) is 0. The number of carbonyl (C=O) groups is 1. The molecule has 4 aromatic rings. The second kappa shape index (κ2) is 11.8. The summed E-state index contributed by atoms with van der Waals surface area (Å²) in [5.41, 5.74) is -0.539. The van der Waals surface area contributed by atoms with E-state index < -0.39 is 18.9 Å². The smallest absolute Gasteiger partial charge is 0.225 e. The Morgan fingerprint density at radius 1 is 0.842 bits per heavy atom. The number of aliphatic hydroxyl groups is 1. The zero-order chi connectivity index (χ0) is 27.2. The van der Waals surface area contributed by atoms with Crippen molar-refractivity contribution in [2.24, 2.45) is 0 Å². The van der Waals surface area contributed by atoms with Crippen LogP contribution in [0.5, 0.6) is 5.75 Å². The first-order valence-electron chi connectivity index (χ1n) is 12.4. The van der Waals surface area contributed by atoms with Crippen molar-refractivity contribution in [3.05, 3.63) is 126 Å². The first-order chi connectivity index (χ1) is 18.3. The Balaban J connectivity index is 1.95. The number of nitrogens with one attached hydrogen (secondary N) is 1. The number of rotatable bonds is 10. The third kappa shape index (κ3) is 5.73. The van der Waals surface area contributed by atoms with Gasteiger partial charge in [0, 0.05) is 24.7 Å². The Bertz CT molecular complexity index is 1340. The number of ether oxygens (including phenoxy) is 1. The summed E-state index contributed by atoms with van der Waals surface area (Å²) in [6, 6.07) is 33.8. The van der Waals surface area contributed by atoms with Crippen molar-refractivity contribution in [3.8, 4) is 5.75 Å². The Labute approximate surface area is 224 Å². The molecule has 196 valence electrons. The number of nitrogens with zero attached hydrogens (tertiary/aromatic N) is 1. The van der Waals surface area contributed by atoms with Crippen molar-refractivity contribution in [1.82, 2.24) is 9.99 Å². The van der Waals surface area contributed by atoms with E-state index in [1.54, 1.807) is 45.5 Å². The topological polar surface area (TPSA) is 78.9 Å². The maximum absolute atomic E-state index is 15.1. The fourth-order valence-corrected chi connectivity index (χ4v) is 7.00. The van der Waals surface area contributed by atoms with Crippen LogP contribution in [0.4, 0.5) is 0 Å². The molecular formula is C31H33N2O4P. The minimum absolute atomic E-state index is 0.225. The van der Waals surface area contributed by atoms with Gasteiger partial charge >= 0.3 is 0 Å². The Morgan fingerprint density at radius 2 is 1.32 bits per heavy atom. The van der Waals surface area contributed by atoms with E-state index in [-0.39, 0.29) is 12.3 Å². The first-order valence-corrected chi connectivity index (χ1v) is 14.1. The number of carbonyl (C=O) groups excluding carboxylic acids is 1. The lowest BCUT2D eigenvalue weighted by Gasteiger charge is -2.40. The average Bonchev–Trinajstić information content (AvgIpc) is 2.97. The molecule has 38 heavy (non-hydrogen) atoms. The summed E-state index contributed by atoms with van der Waals surface area (Å²) >= 11 is 0.